The molecule has 0 aliphatic carbocycles. The van der Waals surface area contributed by atoms with Crippen molar-refractivity contribution in [1.29, 1.82) is 0 Å². The first-order chi connectivity index (χ1) is 7.44. The molecule has 1 aliphatic rings. The molecule has 16 heavy (non-hydrogen) atoms. The van der Waals surface area contributed by atoms with E-state index in [0.717, 1.165) is 13.1 Å². The average molecular weight is 231 g/mol. The number of carbonyl (C=O) groups is 1. The van der Waals surface area contributed by atoms with E-state index in [2.05, 4.69) is 10.1 Å². The van der Waals surface area contributed by atoms with E-state index < -0.39 is 6.10 Å². The van der Waals surface area contributed by atoms with Crippen molar-refractivity contribution in [2.75, 3.05) is 26.8 Å². The normalized spacial score (nSPS) is 26.1. The summed E-state index contributed by atoms with van der Waals surface area (Å²) in [5.41, 5.74) is -0.180. The Hall–Kier alpha value is -0.650. The van der Waals surface area contributed by atoms with Crippen molar-refractivity contribution in [3.63, 3.8) is 0 Å². The van der Waals surface area contributed by atoms with Crippen LogP contribution >= 0.6 is 0 Å². The van der Waals surface area contributed by atoms with Gasteiger partial charge in [0.1, 0.15) is 0 Å². The van der Waals surface area contributed by atoms with Crippen LogP contribution in [0.4, 0.5) is 0 Å². The van der Waals surface area contributed by atoms with Gasteiger partial charge in [-0.2, -0.15) is 0 Å². The highest BCUT2D eigenvalue weighted by molar-refractivity contribution is 5.73. The van der Waals surface area contributed by atoms with Crippen molar-refractivity contribution >= 4 is 5.97 Å². The van der Waals surface area contributed by atoms with Crippen LogP contribution in [0.2, 0.25) is 0 Å². The van der Waals surface area contributed by atoms with Crippen LogP contribution in [-0.2, 0) is 19.0 Å². The Kier molecular flexibility index (Phi) is 4.70. The minimum atomic E-state index is -0.543. The summed E-state index contributed by atoms with van der Waals surface area (Å²) < 4.78 is 15.8. The van der Waals surface area contributed by atoms with Gasteiger partial charge in [-0.25, -0.2) is 4.79 Å². The monoisotopic (exact) mass is 231 g/mol. The molecule has 0 spiro atoms. The molecule has 0 amide bonds. The predicted molar refractivity (Wildman–Crippen MR) is 59.3 cm³/mol. The molecule has 0 bridgehead atoms. The van der Waals surface area contributed by atoms with E-state index in [1.165, 1.54) is 7.11 Å². The first-order valence-electron chi connectivity index (χ1n) is 5.52. The van der Waals surface area contributed by atoms with Crippen LogP contribution in [0.1, 0.15) is 20.8 Å². The largest absolute Gasteiger partial charge is 0.467 e. The van der Waals surface area contributed by atoms with Crippen molar-refractivity contribution in [3.05, 3.63) is 0 Å². The van der Waals surface area contributed by atoms with Crippen LogP contribution in [0.3, 0.4) is 0 Å². The Morgan fingerprint density at radius 2 is 2.31 bits per heavy atom. The summed E-state index contributed by atoms with van der Waals surface area (Å²) in [6, 6.07) is 0. The van der Waals surface area contributed by atoms with Gasteiger partial charge in [0.2, 0.25) is 0 Å². The quantitative estimate of drug-likeness (QED) is 0.707. The Labute approximate surface area is 96.4 Å². The molecule has 1 fully saturated rings. The lowest BCUT2D eigenvalue weighted by molar-refractivity contribution is -0.161. The van der Waals surface area contributed by atoms with Gasteiger partial charge < -0.3 is 19.5 Å². The number of ether oxygens (including phenoxy) is 3. The summed E-state index contributed by atoms with van der Waals surface area (Å²) in [7, 11) is 1.35. The first kappa shape index (κ1) is 13.4. The van der Waals surface area contributed by atoms with Crippen molar-refractivity contribution in [2.24, 2.45) is 0 Å². The van der Waals surface area contributed by atoms with Gasteiger partial charge in [0, 0.05) is 13.1 Å². The molecule has 0 aromatic carbocycles. The third-order valence-electron chi connectivity index (χ3n) is 2.47. The molecule has 0 saturated carbocycles. The van der Waals surface area contributed by atoms with E-state index in [-0.39, 0.29) is 17.7 Å². The summed E-state index contributed by atoms with van der Waals surface area (Å²) in [4.78, 5) is 11.1. The lowest BCUT2D eigenvalue weighted by Crippen LogP contribution is -2.52. The van der Waals surface area contributed by atoms with Gasteiger partial charge in [0.25, 0.3) is 0 Å². The van der Waals surface area contributed by atoms with Crippen LogP contribution in [0.5, 0.6) is 0 Å². The van der Waals surface area contributed by atoms with Gasteiger partial charge in [0.05, 0.1) is 25.4 Å². The molecule has 1 heterocycles. The summed E-state index contributed by atoms with van der Waals surface area (Å²) in [6.07, 6.45) is -0.561. The molecule has 1 N–H and O–H groups in total. The number of morpholine rings is 1. The maximum Gasteiger partial charge on any atom is 0.334 e. The zero-order chi connectivity index (χ0) is 12.2. The van der Waals surface area contributed by atoms with Crippen molar-refractivity contribution < 1.29 is 19.0 Å². The maximum atomic E-state index is 11.1. The van der Waals surface area contributed by atoms with Crippen LogP contribution in [-0.4, -0.2) is 50.6 Å². The zero-order valence-corrected chi connectivity index (χ0v) is 10.4. The molecule has 2 atom stereocenters. The number of rotatable bonds is 4. The fourth-order valence-corrected chi connectivity index (χ4v) is 1.65. The van der Waals surface area contributed by atoms with E-state index in [1.54, 1.807) is 6.92 Å². The molecular formula is C11H21NO4. The Morgan fingerprint density at radius 3 is 2.88 bits per heavy atom. The van der Waals surface area contributed by atoms with Gasteiger partial charge in [-0.05, 0) is 20.8 Å². The SMILES string of the molecule is COC(=O)C(C)OCC1CNCC(C)(C)O1. The minimum Gasteiger partial charge on any atom is -0.467 e. The van der Waals surface area contributed by atoms with Crippen molar-refractivity contribution in [3.8, 4) is 0 Å². The third-order valence-corrected chi connectivity index (χ3v) is 2.47. The summed E-state index contributed by atoms with van der Waals surface area (Å²) >= 11 is 0. The third kappa shape index (κ3) is 4.08. The molecule has 5 heteroatoms. The highest BCUT2D eigenvalue weighted by Gasteiger charge is 2.29. The fraction of sp³-hybridized carbons (Fsp3) is 0.909. The second-order valence-corrected chi connectivity index (χ2v) is 4.63. The van der Waals surface area contributed by atoms with Gasteiger partial charge in [0.15, 0.2) is 6.10 Å². The molecule has 0 aromatic heterocycles. The molecule has 1 rings (SSSR count). The lowest BCUT2D eigenvalue weighted by atomic mass is 10.1. The van der Waals surface area contributed by atoms with Gasteiger partial charge in [-0.1, -0.05) is 0 Å². The Bertz CT molecular complexity index is 242. The van der Waals surface area contributed by atoms with Gasteiger partial charge in [-0.15, -0.1) is 0 Å². The average Bonchev–Trinajstić information content (AvgIpc) is 2.23. The van der Waals surface area contributed by atoms with Gasteiger partial charge in [-0.3, -0.25) is 0 Å². The Balaban J connectivity index is 2.30. The van der Waals surface area contributed by atoms with E-state index in [9.17, 15) is 4.79 Å². The van der Waals surface area contributed by atoms with Crippen LogP contribution in [0.15, 0.2) is 0 Å². The number of carbonyl (C=O) groups excluding carboxylic acids is 1. The number of nitrogens with one attached hydrogen (secondary N) is 1. The second-order valence-electron chi connectivity index (χ2n) is 4.63. The standard InChI is InChI=1S/C11H21NO4/c1-8(10(13)14-4)15-6-9-5-12-7-11(2,3)16-9/h8-9,12H,5-7H2,1-4H3. The molecule has 2 unspecified atom stereocenters. The maximum absolute atomic E-state index is 11.1. The first-order valence-corrected chi connectivity index (χ1v) is 5.52. The number of methoxy groups -OCH3 is 1. The predicted octanol–water partition coefficient (Wildman–Crippen LogP) is 0.331. The molecular weight excluding hydrogens is 210 g/mol. The summed E-state index contributed by atoms with van der Waals surface area (Å²) in [5, 5.41) is 3.27. The number of esters is 1. The summed E-state index contributed by atoms with van der Waals surface area (Å²) in [5.74, 6) is -0.358. The zero-order valence-electron chi connectivity index (χ0n) is 10.4. The molecule has 1 aliphatic heterocycles. The number of hydrogen-bond acceptors (Lipinski definition) is 5. The number of hydrogen-bond donors (Lipinski definition) is 1. The van der Waals surface area contributed by atoms with E-state index >= 15 is 0 Å². The topological polar surface area (TPSA) is 56.8 Å². The molecule has 94 valence electrons. The molecule has 0 aromatic rings. The van der Waals surface area contributed by atoms with Crippen LogP contribution in [0.25, 0.3) is 0 Å². The van der Waals surface area contributed by atoms with E-state index in [1.807, 2.05) is 13.8 Å². The highest BCUT2D eigenvalue weighted by atomic mass is 16.6. The smallest absolute Gasteiger partial charge is 0.334 e. The van der Waals surface area contributed by atoms with E-state index in [4.69, 9.17) is 9.47 Å². The minimum absolute atomic E-state index is 0.0177. The van der Waals surface area contributed by atoms with Crippen LogP contribution in [0, 0.1) is 0 Å². The summed E-state index contributed by atoms with van der Waals surface area (Å²) in [6.45, 7) is 7.69. The van der Waals surface area contributed by atoms with Crippen molar-refractivity contribution in [2.45, 2.75) is 38.6 Å². The highest BCUT2D eigenvalue weighted by Crippen LogP contribution is 2.15. The molecule has 0 radical (unpaired) electrons. The van der Waals surface area contributed by atoms with Gasteiger partial charge >= 0.3 is 5.97 Å². The Morgan fingerprint density at radius 1 is 1.62 bits per heavy atom. The molecule has 1 saturated heterocycles. The van der Waals surface area contributed by atoms with Crippen molar-refractivity contribution in [1.82, 2.24) is 5.32 Å². The fourth-order valence-electron chi connectivity index (χ4n) is 1.65. The second kappa shape index (κ2) is 5.61. The lowest BCUT2D eigenvalue weighted by Gasteiger charge is -2.36. The van der Waals surface area contributed by atoms with Crippen LogP contribution < -0.4 is 5.32 Å². The van der Waals surface area contributed by atoms with E-state index in [0.29, 0.717) is 6.61 Å². The molecule has 5 nitrogen and oxygen atoms in total.